The molecule has 6 heteroatoms. The Bertz CT molecular complexity index is 720. The van der Waals surface area contributed by atoms with E-state index < -0.39 is 17.7 Å². The summed E-state index contributed by atoms with van der Waals surface area (Å²) in [6.07, 6.45) is 0. The number of carbonyl (C=O) groups excluding carboxylic acids is 1. The van der Waals surface area contributed by atoms with Crippen molar-refractivity contribution in [3.63, 3.8) is 0 Å². The molecule has 2 aromatic carbocycles. The molecule has 0 saturated carbocycles. The van der Waals surface area contributed by atoms with Crippen molar-refractivity contribution in [2.45, 2.75) is 19.9 Å². The Kier molecular flexibility index (Phi) is 5.16. The van der Waals surface area contributed by atoms with Crippen LogP contribution in [0.3, 0.4) is 0 Å². The van der Waals surface area contributed by atoms with Gasteiger partial charge in [0.05, 0.1) is 7.11 Å². The SMILES string of the molecule is COc1ccc(NC(C)C(=O)Nc2ccc(F)c(F)c2)cc1C. The van der Waals surface area contributed by atoms with E-state index in [-0.39, 0.29) is 11.6 Å². The van der Waals surface area contributed by atoms with Crippen molar-refractivity contribution in [2.24, 2.45) is 0 Å². The summed E-state index contributed by atoms with van der Waals surface area (Å²) in [6.45, 7) is 3.57. The molecule has 0 heterocycles. The van der Waals surface area contributed by atoms with E-state index in [1.165, 1.54) is 6.07 Å². The number of ether oxygens (including phenoxy) is 1. The fraction of sp³-hybridized carbons (Fsp3) is 0.235. The summed E-state index contributed by atoms with van der Waals surface area (Å²) < 4.78 is 31.2. The van der Waals surface area contributed by atoms with E-state index in [2.05, 4.69) is 10.6 Å². The van der Waals surface area contributed by atoms with E-state index in [0.29, 0.717) is 0 Å². The zero-order valence-corrected chi connectivity index (χ0v) is 13.1. The van der Waals surface area contributed by atoms with Gasteiger partial charge in [-0.2, -0.15) is 0 Å². The molecule has 0 aliphatic heterocycles. The summed E-state index contributed by atoms with van der Waals surface area (Å²) >= 11 is 0. The molecular formula is C17H18F2N2O2. The Morgan fingerprint density at radius 1 is 1.09 bits per heavy atom. The lowest BCUT2D eigenvalue weighted by atomic mass is 10.2. The van der Waals surface area contributed by atoms with Gasteiger partial charge >= 0.3 is 0 Å². The minimum absolute atomic E-state index is 0.202. The summed E-state index contributed by atoms with van der Waals surface area (Å²) in [4.78, 5) is 12.1. The maximum atomic E-state index is 13.1. The van der Waals surface area contributed by atoms with Crippen LogP contribution in [0.5, 0.6) is 5.75 Å². The highest BCUT2D eigenvalue weighted by molar-refractivity contribution is 5.96. The second-order valence-electron chi connectivity index (χ2n) is 5.17. The van der Waals surface area contributed by atoms with Gasteiger partial charge in [0, 0.05) is 17.4 Å². The molecule has 0 aliphatic rings. The lowest BCUT2D eigenvalue weighted by molar-refractivity contribution is -0.116. The van der Waals surface area contributed by atoms with Crippen molar-refractivity contribution in [3.8, 4) is 5.75 Å². The highest BCUT2D eigenvalue weighted by Crippen LogP contribution is 2.22. The molecule has 23 heavy (non-hydrogen) atoms. The predicted octanol–water partition coefficient (Wildman–Crippen LogP) is 3.72. The minimum atomic E-state index is -1.01. The standard InChI is InChI=1S/C17H18F2N2O2/c1-10-8-12(5-7-16(10)23-3)20-11(2)17(22)21-13-4-6-14(18)15(19)9-13/h4-9,11,20H,1-3H3,(H,21,22). The number of nitrogens with one attached hydrogen (secondary N) is 2. The second-order valence-corrected chi connectivity index (χ2v) is 5.17. The molecule has 0 spiro atoms. The van der Waals surface area contributed by atoms with Crippen molar-refractivity contribution in [3.05, 3.63) is 53.6 Å². The fourth-order valence-corrected chi connectivity index (χ4v) is 2.11. The van der Waals surface area contributed by atoms with Crippen LogP contribution in [0, 0.1) is 18.6 Å². The third-order valence-electron chi connectivity index (χ3n) is 3.36. The van der Waals surface area contributed by atoms with E-state index in [4.69, 9.17) is 4.74 Å². The van der Waals surface area contributed by atoms with Gasteiger partial charge in [0.2, 0.25) is 5.91 Å². The Morgan fingerprint density at radius 2 is 1.78 bits per heavy atom. The zero-order valence-electron chi connectivity index (χ0n) is 13.1. The maximum absolute atomic E-state index is 13.1. The molecule has 4 nitrogen and oxygen atoms in total. The van der Waals surface area contributed by atoms with Gasteiger partial charge in [-0.3, -0.25) is 4.79 Å². The van der Waals surface area contributed by atoms with E-state index in [1.807, 2.05) is 13.0 Å². The first-order valence-corrected chi connectivity index (χ1v) is 7.08. The van der Waals surface area contributed by atoms with Gasteiger partial charge < -0.3 is 15.4 Å². The van der Waals surface area contributed by atoms with Gasteiger partial charge in [0.1, 0.15) is 11.8 Å². The van der Waals surface area contributed by atoms with Crippen molar-refractivity contribution in [2.75, 3.05) is 17.7 Å². The molecule has 0 aromatic heterocycles. The number of rotatable bonds is 5. The minimum Gasteiger partial charge on any atom is -0.496 e. The Hall–Kier alpha value is -2.63. The quantitative estimate of drug-likeness (QED) is 0.883. The number of hydrogen-bond donors (Lipinski definition) is 2. The first kappa shape index (κ1) is 16.7. The first-order chi connectivity index (χ1) is 10.9. The molecule has 2 aromatic rings. The average molecular weight is 320 g/mol. The van der Waals surface area contributed by atoms with Gasteiger partial charge in [-0.15, -0.1) is 0 Å². The molecule has 0 fully saturated rings. The molecule has 1 amide bonds. The molecule has 0 radical (unpaired) electrons. The van der Waals surface area contributed by atoms with Crippen molar-refractivity contribution in [1.82, 2.24) is 0 Å². The van der Waals surface area contributed by atoms with E-state index in [9.17, 15) is 13.6 Å². The van der Waals surface area contributed by atoms with Crippen LogP contribution in [0.25, 0.3) is 0 Å². The van der Waals surface area contributed by atoms with Crippen LogP contribution in [0.2, 0.25) is 0 Å². The normalized spacial score (nSPS) is 11.7. The highest BCUT2D eigenvalue weighted by atomic mass is 19.2. The molecule has 1 unspecified atom stereocenters. The number of methoxy groups -OCH3 is 1. The van der Waals surface area contributed by atoms with Crippen LogP contribution in [-0.4, -0.2) is 19.1 Å². The van der Waals surface area contributed by atoms with Crippen LogP contribution in [0.4, 0.5) is 20.2 Å². The maximum Gasteiger partial charge on any atom is 0.246 e. The lowest BCUT2D eigenvalue weighted by Gasteiger charge is -2.16. The fourth-order valence-electron chi connectivity index (χ4n) is 2.11. The number of benzene rings is 2. The third-order valence-corrected chi connectivity index (χ3v) is 3.36. The average Bonchev–Trinajstić information content (AvgIpc) is 2.51. The summed E-state index contributed by atoms with van der Waals surface area (Å²) in [5, 5.41) is 5.58. The monoisotopic (exact) mass is 320 g/mol. The number of halogens is 2. The van der Waals surface area contributed by atoms with Gasteiger partial charge in [-0.05, 0) is 49.7 Å². The molecule has 122 valence electrons. The van der Waals surface area contributed by atoms with Gasteiger partial charge in [-0.25, -0.2) is 8.78 Å². The zero-order chi connectivity index (χ0) is 17.0. The number of amides is 1. The summed E-state index contributed by atoms with van der Waals surface area (Å²) in [5.74, 6) is -1.56. The molecule has 1 atom stereocenters. The molecule has 2 rings (SSSR count). The number of hydrogen-bond acceptors (Lipinski definition) is 3. The highest BCUT2D eigenvalue weighted by Gasteiger charge is 2.14. The van der Waals surface area contributed by atoms with Crippen LogP contribution < -0.4 is 15.4 Å². The Labute approximate surface area is 133 Å². The Balaban J connectivity index is 2.02. The van der Waals surface area contributed by atoms with Gasteiger partial charge in [0.25, 0.3) is 0 Å². The van der Waals surface area contributed by atoms with Crippen LogP contribution in [0.1, 0.15) is 12.5 Å². The predicted molar refractivity (Wildman–Crippen MR) is 85.8 cm³/mol. The van der Waals surface area contributed by atoms with Crippen LogP contribution in [0.15, 0.2) is 36.4 Å². The van der Waals surface area contributed by atoms with Crippen molar-refractivity contribution >= 4 is 17.3 Å². The van der Waals surface area contributed by atoms with E-state index in [0.717, 1.165) is 29.1 Å². The van der Waals surface area contributed by atoms with Crippen molar-refractivity contribution < 1.29 is 18.3 Å². The molecule has 0 bridgehead atoms. The number of aryl methyl sites for hydroxylation is 1. The lowest BCUT2D eigenvalue weighted by Crippen LogP contribution is -2.31. The Morgan fingerprint density at radius 3 is 2.39 bits per heavy atom. The van der Waals surface area contributed by atoms with Gasteiger partial charge in [-0.1, -0.05) is 0 Å². The number of carbonyl (C=O) groups is 1. The van der Waals surface area contributed by atoms with E-state index in [1.54, 1.807) is 26.2 Å². The second kappa shape index (κ2) is 7.09. The van der Waals surface area contributed by atoms with Crippen LogP contribution >= 0.6 is 0 Å². The molecule has 0 saturated heterocycles. The smallest absolute Gasteiger partial charge is 0.246 e. The van der Waals surface area contributed by atoms with E-state index >= 15 is 0 Å². The molecule has 0 aliphatic carbocycles. The largest absolute Gasteiger partial charge is 0.496 e. The molecular weight excluding hydrogens is 302 g/mol. The molecule has 2 N–H and O–H groups in total. The topological polar surface area (TPSA) is 50.4 Å². The van der Waals surface area contributed by atoms with Crippen molar-refractivity contribution in [1.29, 1.82) is 0 Å². The summed E-state index contributed by atoms with van der Waals surface area (Å²) in [6, 6.07) is 8.12. The first-order valence-electron chi connectivity index (χ1n) is 7.08. The van der Waals surface area contributed by atoms with Gasteiger partial charge in [0.15, 0.2) is 11.6 Å². The third kappa shape index (κ3) is 4.18. The van der Waals surface area contributed by atoms with Crippen LogP contribution in [-0.2, 0) is 4.79 Å². The summed E-state index contributed by atoms with van der Waals surface area (Å²) in [7, 11) is 1.59. The summed E-state index contributed by atoms with van der Waals surface area (Å²) in [5.41, 5.74) is 1.90. The number of anilines is 2.